The Morgan fingerprint density at radius 3 is 2.68 bits per heavy atom. The van der Waals surface area contributed by atoms with Crippen LogP contribution in [0.15, 0.2) is 71.9 Å². The fourth-order valence-corrected chi connectivity index (χ4v) is 4.40. The summed E-state index contributed by atoms with van der Waals surface area (Å²) in [6.07, 6.45) is 3.48. The van der Waals surface area contributed by atoms with Gasteiger partial charge in [-0.1, -0.05) is 29.8 Å². The second-order valence-electron chi connectivity index (χ2n) is 6.92. The number of hydrogen-bond donors (Lipinski definition) is 1. The maximum absolute atomic E-state index is 14.7. The third-order valence-electron chi connectivity index (χ3n) is 4.72. The van der Waals surface area contributed by atoms with Crippen LogP contribution >= 0.6 is 23.4 Å². The zero-order valence-corrected chi connectivity index (χ0v) is 18.3. The Balaban J connectivity index is 1.61. The smallest absolute Gasteiger partial charge is 0.132 e. The first kappa shape index (κ1) is 21.6. The summed E-state index contributed by atoms with van der Waals surface area (Å²) in [6.45, 7) is 0.713. The van der Waals surface area contributed by atoms with Crippen LogP contribution in [0.2, 0.25) is 5.02 Å². The number of ether oxygens (including phenoxy) is 1. The van der Waals surface area contributed by atoms with Gasteiger partial charge >= 0.3 is 0 Å². The van der Waals surface area contributed by atoms with Gasteiger partial charge in [0.25, 0.3) is 0 Å². The van der Waals surface area contributed by atoms with Crippen LogP contribution in [-0.2, 0) is 0 Å². The highest BCUT2D eigenvalue weighted by atomic mass is 35.5. The third-order valence-corrected chi connectivity index (χ3v) is 6.10. The number of rotatable bonds is 8. The first-order valence-electron chi connectivity index (χ1n) is 9.95. The minimum Gasteiger partial charge on any atom is -0.457 e. The molecule has 0 fully saturated rings. The lowest BCUT2D eigenvalue weighted by molar-refractivity contribution is 0.479. The van der Waals surface area contributed by atoms with E-state index in [1.165, 1.54) is 12.4 Å². The molecule has 4 aromatic rings. The molecule has 4 nitrogen and oxygen atoms in total. The Labute approximate surface area is 189 Å². The summed E-state index contributed by atoms with van der Waals surface area (Å²) in [6, 6.07) is 17.9. The highest BCUT2D eigenvalue weighted by Gasteiger charge is 2.14. The summed E-state index contributed by atoms with van der Waals surface area (Å²) in [5, 5.41) is 1.18. The molecular weight excluding hydrogens is 433 g/mol. The van der Waals surface area contributed by atoms with E-state index >= 15 is 0 Å². The third kappa shape index (κ3) is 5.15. The largest absolute Gasteiger partial charge is 0.457 e. The van der Waals surface area contributed by atoms with Crippen LogP contribution in [0, 0.1) is 5.82 Å². The van der Waals surface area contributed by atoms with Gasteiger partial charge in [0.05, 0.1) is 16.2 Å². The predicted octanol–water partition coefficient (Wildman–Crippen LogP) is 6.71. The Kier molecular flexibility index (Phi) is 7.02. The van der Waals surface area contributed by atoms with Crippen molar-refractivity contribution in [2.75, 3.05) is 12.3 Å². The molecule has 0 unspecified atom stereocenters. The minimum absolute atomic E-state index is 0.333. The maximum atomic E-state index is 14.7. The first-order chi connectivity index (χ1) is 15.2. The SMILES string of the molecule is NCCCCSc1cccc(Oc2ccc(F)c(-c3ncnc4c(Cl)cccc34)c2)c1. The number of fused-ring (bicyclic) bond motifs is 1. The van der Waals surface area contributed by atoms with Gasteiger partial charge in [0.1, 0.15) is 23.6 Å². The Bertz CT molecular complexity index is 1200. The summed E-state index contributed by atoms with van der Waals surface area (Å²) in [7, 11) is 0. The van der Waals surface area contributed by atoms with Crippen molar-refractivity contribution in [1.29, 1.82) is 0 Å². The number of halogens is 2. The van der Waals surface area contributed by atoms with Gasteiger partial charge < -0.3 is 10.5 Å². The van der Waals surface area contributed by atoms with Crippen LogP contribution in [0.3, 0.4) is 0 Å². The first-order valence-corrected chi connectivity index (χ1v) is 11.3. The number of para-hydroxylation sites is 1. The highest BCUT2D eigenvalue weighted by molar-refractivity contribution is 7.99. The van der Waals surface area contributed by atoms with Crippen molar-refractivity contribution in [3.8, 4) is 22.8 Å². The van der Waals surface area contributed by atoms with Crippen LogP contribution in [0.25, 0.3) is 22.2 Å². The number of unbranched alkanes of at least 4 members (excludes halogenated alkanes) is 1. The Morgan fingerprint density at radius 2 is 1.81 bits per heavy atom. The van der Waals surface area contributed by atoms with E-state index < -0.39 is 5.82 Å². The molecular formula is C24H21ClFN3OS. The molecule has 0 radical (unpaired) electrons. The molecule has 0 aliphatic rings. The molecule has 2 N–H and O–H groups in total. The molecule has 0 amide bonds. The average Bonchev–Trinajstić information content (AvgIpc) is 2.78. The maximum Gasteiger partial charge on any atom is 0.132 e. The Morgan fingerprint density at radius 1 is 0.968 bits per heavy atom. The molecule has 7 heteroatoms. The monoisotopic (exact) mass is 453 g/mol. The van der Waals surface area contributed by atoms with Crippen molar-refractivity contribution in [1.82, 2.24) is 9.97 Å². The number of benzene rings is 3. The number of hydrogen-bond acceptors (Lipinski definition) is 5. The number of nitrogens with zero attached hydrogens (tertiary/aromatic N) is 2. The van der Waals surface area contributed by atoms with E-state index in [1.807, 2.05) is 30.3 Å². The van der Waals surface area contributed by atoms with Crippen molar-refractivity contribution >= 4 is 34.3 Å². The second kappa shape index (κ2) is 10.1. The van der Waals surface area contributed by atoms with Crippen molar-refractivity contribution in [3.63, 3.8) is 0 Å². The summed E-state index contributed by atoms with van der Waals surface area (Å²) in [5.41, 5.74) is 6.94. The quantitative estimate of drug-likeness (QED) is 0.237. The van der Waals surface area contributed by atoms with E-state index in [-0.39, 0.29) is 0 Å². The Hall–Kier alpha value is -2.67. The van der Waals surface area contributed by atoms with Crippen LogP contribution in [0.4, 0.5) is 4.39 Å². The predicted molar refractivity (Wildman–Crippen MR) is 125 cm³/mol. The molecule has 0 saturated carbocycles. The van der Waals surface area contributed by atoms with E-state index in [0.29, 0.717) is 45.2 Å². The van der Waals surface area contributed by atoms with E-state index in [4.69, 9.17) is 22.1 Å². The van der Waals surface area contributed by atoms with E-state index in [1.54, 1.807) is 36.0 Å². The topological polar surface area (TPSA) is 61.0 Å². The minimum atomic E-state index is -0.392. The summed E-state index contributed by atoms with van der Waals surface area (Å²) >= 11 is 8.01. The van der Waals surface area contributed by atoms with Crippen LogP contribution < -0.4 is 10.5 Å². The van der Waals surface area contributed by atoms with E-state index in [9.17, 15) is 4.39 Å². The number of thioether (sulfide) groups is 1. The molecule has 4 rings (SSSR count). The van der Waals surface area contributed by atoms with Crippen molar-refractivity contribution < 1.29 is 9.13 Å². The van der Waals surface area contributed by atoms with Crippen molar-refractivity contribution in [2.45, 2.75) is 17.7 Å². The molecule has 0 atom stereocenters. The lowest BCUT2D eigenvalue weighted by atomic mass is 10.1. The summed E-state index contributed by atoms with van der Waals surface area (Å²) in [5.74, 6) is 1.83. The van der Waals surface area contributed by atoms with Gasteiger partial charge in [-0.2, -0.15) is 0 Å². The molecule has 3 aromatic carbocycles. The van der Waals surface area contributed by atoms with Gasteiger partial charge in [-0.3, -0.25) is 0 Å². The number of aromatic nitrogens is 2. The zero-order valence-electron chi connectivity index (χ0n) is 16.7. The molecule has 31 heavy (non-hydrogen) atoms. The summed E-state index contributed by atoms with van der Waals surface area (Å²) in [4.78, 5) is 9.66. The standard InChI is InChI=1S/C24H21ClFN3OS/c25-21-8-4-7-19-23(28-15-29-24(19)21)20-14-17(9-10-22(20)26)30-16-5-3-6-18(13-16)31-12-2-1-11-27/h3-10,13-15H,1-2,11-12,27H2. The fourth-order valence-electron chi connectivity index (χ4n) is 3.22. The summed E-state index contributed by atoms with van der Waals surface area (Å²) < 4.78 is 20.8. The number of nitrogens with two attached hydrogens (primary N) is 1. The van der Waals surface area contributed by atoms with Crippen LogP contribution in [0.1, 0.15) is 12.8 Å². The lowest BCUT2D eigenvalue weighted by Gasteiger charge is -2.11. The van der Waals surface area contributed by atoms with Crippen LogP contribution in [-0.4, -0.2) is 22.3 Å². The lowest BCUT2D eigenvalue weighted by Crippen LogP contribution is -1.98. The van der Waals surface area contributed by atoms with Crippen LogP contribution in [0.5, 0.6) is 11.5 Å². The van der Waals surface area contributed by atoms with Gasteiger partial charge in [-0.15, -0.1) is 11.8 Å². The molecule has 0 saturated heterocycles. The van der Waals surface area contributed by atoms with Crippen molar-refractivity contribution in [2.24, 2.45) is 5.73 Å². The molecule has 0 spiro atoms. The molecule has 1 aromatic heterocycles. The molecule has 0 aliphatic heterocycles. The fraction of sp³-hybridized carbons (Fsp3) is 0.167. The normalized spacial score (nSPS) is 11.1. The second-order valence-corrected chi connectivity index (χ2v) is 8.50. The zero-order chi connectivity index (χ0) is 21.6. The molecule has 0 aliphatic carbocycles. The highest BCUT2D eigenvalue weighted by Crippen LogP contribution is 2.34. The van der Waals surface area contributed by atoms with Gasteiger partial charge in [-0.05, 0) is 67.6 Å². The van der Waals surface area contributed by atoms with Gasteiger partial charge in [0.2, 0.25) is 0 Å². The molecule has 0 bridgehead atoms. The molecule has 158 valence electrons. The van der Waals surface area contributed by atoms with Gasteiger partial charge in [0.15, 0.2) is 0 Å². The van der Waals surface area contributed by atoms with Gasteiger partial charge in [0, 0.05) is 15.8 Å². The van der Waals surface area contributed by atoms with E-state index in [0.717, 1.165) is 23.5 Å². The van der Waals surface area contributed by atoms with Crippen molar-refractivity contribution in [3.05, 3.63) is 77.8 Å². The van der Waals surface area contributed by atoms with Gasteiger partial charge in [-0.25, -0.2) is 14.4 Å². The molecule has 1 heterocycles. The van der Waals surface area contributed by atoms with E-state index in [2.05, 4.69) is 9.97 Å². The average molecular weight is 454 g/mol.